The van der Waals surface area contributed by atoms with Crippen LogP contribution in [0.15, 0.2) is 71.6 Å². The molecule has 0 saturated heterocycles. The van der Waals surface area contributed by atoms with E-state index in [1.165, 1.54) is 54.6 Å². The highest BCUT2D eigenvalue weighted by Gasteiger charge is 2.28. The monoisotopic (exact) mass is 546 g/mol. The second-order valence-corrected chi connectivity index (χ2v) is 10.7. The second kappa shape index (κ2) is 12.8. The summed E-state index contributed by atoms with van der Waals surface area (Å²) in [5.41, 5.74) is 1.50. The zero-order valence-electron chi connectivity index (χ0n) is 20.5. The predicted molar refractivity (Wildman–Crippen MR) is 140 cm³/mol. The maximum absolute atomic E-state index is 14.5. The number of ether oxygens (including phenoxy) is 1. The number of benzene rings is 3. The third-order valence-electron chi connectivity index (χ3n) is 5.51. The summed E-state index contributed by atoms with van der Waals surface area (Å²) in [6, 6.07) is 16.2. The van der Waals surface area contributed by atoms with Gasteiger partial charge in [-0.1, -0.05) is 48.7 Å². The lowest BCUT2D eigenvalue weighted by Crippen LogP contribution is -2.38. The molecule has 196 valence electrons. The summed E-state index contributed by atoms with van der Waals surface area (Å²) in [5, 5.41) is 2.66. The molecule has 0 aliphatic rings. The number of hydrogen-bond acceptors (Lipinski definition) is 5. The van der Waals surface area contributed by atoms with Crippen molar-refractivity contribution in [1.29, 1.82) is 0 Å². The molecule has 0 radical (unpaired) electrons. The summed E-state index contributed by atoms with van der Waals surface area (Å²) in [5.74, 6) is -1.80. The van der Waals surface area contributed by atoms with Crippen LogP contribution in [0, 0.1) is 12.7 Å². The quantitative estimate of drug-likeness (QED) is 0.250. The van der Waals surface area contributed by atoms with Gasteiger partial charge in [0.05, 0.1) is 23.6 Å². The predicted octanol–water partition coefficient (Wildman–Crippen LogP) is 5.57. The number of sulfonamides is 1. The van der Waals surface area contributed by atoms with Crippen LogP contribution in [0.3, 0.4) is 0 Å². The number of aryl methyl sites for hydroxylation is 1. The highest BCUT2D eigenvalue weighted by molar-refractivity contribution is 7.89. The van der Waals surface area contributed by atoms with E-state index in [0.29, 0.717) is 17.9 Å². The number of rotatable bonds is 11. The van der Waals surface area contributed by atoms with Crippen molar-refractivity contribution < 1.29 is 27.1 Å². The summed E-state index contributed by atoms with van der Waals surface area (Å²) in [4.78, 5) is 24.9. The van der Waals surface area contributed by atoms with Crippen LogP contribution < -0.4 is 5.32 Å². The van der Waals surface area contributed by atoms with E-state index < -0.39 is 40.8 Å². The highest BCUT2D eigenvalue weighted by atomic mass is 35.5. The van der Waals surface area contributed by atoms with Crippen LogP contribution in [0.2, 0.25) is 5.02 Å². The van der Waals surface area contributed by atoms with Gasteiger partial charge in [0.2, 0.25) is 15.9 Å². The molecule has 0 aliphatic heterocycles. The molecule has 0 fully saturated rings. The van der Waals surface area contributed by atoms with Gasteiger partial charge in [0.15, 0.2) is 0 Å². The van der Waals surface area contributed by atoms with Gasteiger partial charge in [-0.25, -0.2) is 17.6 Å². The summed E-state index contributed by atoms with van der Waals surface area (Å²) < 4.78 is 47.4. The Bertz CT molecular complexity index is 1330. The number of nitrogens with zero attached hydrogens (tertiary/aromatic N) is 1. The maximum Gasteiger partial charge on any atom is 0.338 e. The molecule has 0 saturated carbocycles. The second-order valence-electron chi connectivity index (χ2n) is 8.40. The van der Waals surface area contributed by atoms with Crippen molar-refractivity contribution >= 4 is 39.2 Å². The Morgan fingerprint density at radius 2 is 1.70 bits per heavy atom. The van der Waals surface area contributed by atoms with Crippen molar-refractivity contribution in [2.75, 3.05) is 18.5 Å². The largest absolute Gasteiger partial charge is 0.462 e. The fraction of sp³-hybridized carbons (Fsp3) is 0.259. The van der Waals surface area contributed by atoms with E-state index in [1.54, 1.807) is 12.1 Å². The van der Waals surface area contributed by atoms with Crippen LogP contribution in [0.25, 0.3) is 0 Å². The Hall–Kier alpha value is -3.27. The number of anilines is 1. The van der Waals surface area contributed by atoms with E-state index in [1.807, 2.05) is 13.8 Å². The minimum Gasteiger partial charge on any atom is -0.462 e. The average Bonchev–Trinajstić information content (AvgIpc) is 2.86. The smallest absolute Gasteiger partial charge is 0.338 e. The van der Waals surface area contributed by atoms with Crippen molar-refractivity contribution in [1.82, 2.24) is 4.31 Å². The molecular formula is C27H28ClFN2O5S. The molecule has 3 aromatic rings. The first kappa shape index (κ1) is 28.3. The van der Waals surface area contributed by atoms with Crippen LogP contribution >= 0.6 is 11.6 Å². The highest BCUT2D eigenvalue weighted by Crippen LogP contribution is 2.25. The van der Waals surface area contributed by atoms with Crippen LogP contribution in [0.4, 0.5) is 10.1 Å². The van der Waals surface area contributed by atoms with Crippen molar-refractivity contribution in [2.45, 2.75) is 38.1 Å². The Balaban J connectivity index is 1.79. The van der Waals surface area contributed by atoms with E-state index in [0.717, 1.165) is 22.7 Å². The third kappa shape index (κ3) is 7.61. The lowest BCUT2D eigenvalue weighted by atomic mass is 10.2. The summed E-state index contributed by atoms with van der Waals surface area (Å²) in [6.07, 6.45) is 1.66. The van der Waals surface area contributed by atoms with Gasteiger partial charge in [-0.05, 0) is 61.9 Å². The number of esters is 1. The van der Waals surface area contributed by atoms with Gasteiger partial charge in [0.25, 0.3) is 0 Å². The summed E-state index contributed by atoms with van der Waals surface area (Å²) >= 11 is 6.14. The fourth-order valence-corrected chi connectivity index (χ4v) is 4.97. The van der Waals surface area contributed by atoms with Crippen molar-refractivity contribution in [2.24, 2.45) is 0 Å². The van der Waals surface area contributed by atoms with Crippen LogP contribution in [0.5, 0.6) is 0 Å². The number of nitrogens with one attached hydrogen (secondary N) is 1. The van der Waals surface area contributed by atoms with E-state index in [2.05, 4.69) is 5.32 Å². The molecule has 3 rings (SSSR count). The SMILES string of the molecule is CCCCOC(=O)c1ccc(NC(=O)CN(Cc2c(F)cccc2Cl)S(=O)(=O)c2ccc(C)cc2)cc1. The number of carbonyl (C=O) groups excluding carboxylic acids is 2. The molecule has 0 unspecified atom stereocenters. The van der Waals surface area contributed by atoms with Gasteiger partial charge in [-0.3, -0.25) is 4.79 Å². The minimum absolute atomic E-state index is 0.0377. The fourth-order valence-electron chi connectivity index (χ4n) is 3.39. The maximum atomic E-state index is 14.5. The van der Waals surface area contributed by atoms with Gasteiger partial charge in [0, 0.05) is 22.8 Å². The molecule has 3 aromatic carbocycles. The zero-order chi connectivity index (χ0) is 27.0. The molecule has 0 heterocycles. The molecule has 10 heteroatoms. The van der Waals surface area contributed by atoms with Crippen LogP contribution in [-0.2, 0) is 26.1 Å². The van der Waals surface area contributed by atoms with Gasteiger partial charge in [-0.15, -0.1) is 0 Å². The van der Waals surface area contributed by atoms with E-state index in [9.17, 15) is 22.4 Å². The first-order valence-corrected chi connectivity index (χ1v) is 13.5. The molecule has 7 nitrogen and oxygen atoms in total. The van der Waals surface area contributed by atoms with E-state index in [-0.39, 0.29) is 15.5 Å². The first-order valence-electron chi connectivity index (χ1n) is 11.7. The molecule has 0 atom stereocenters. The molecule has 0 aliphatic carbocycles. The van der Waals surface area contributed by atoms with Crippen molar-refractivity contribution in [3.8, 4) is 0 Å². The molecule has 1 N–H and O–H groups in total. The van der Waals surface area contributed by atoms with Gasteiger partial charge in [-0.2, -0.15) is 4.31 Å². The number of hydrogen-bond donors (Lipinski definition) is 1. The Morgan fingerprint density at radius 3 is 2.32 bits per heavy atom. The van der Waals surface area contributed by atoms with Crippen molar-refractivity contribution in [3.05, 3.63) is 94.3 Å². The molecule has 0 bridgehead atoms. The third-order valence-corrected chi connectivity index (χ3v) is 7.67. The number of halogens is 2. The average molecular weight is 547 g/mol. The summed E-state index contributed by atoms with van der Waals surface area (Å²) in [7, 11) is -4.18. The normalized spacial score (nSPS) is 11.4. The Labute approximate surface area is 221 Å². The lowest BCUT2D eigenvalue weighted by molar-refractivity contribution is -0.116. The first-order chi connectivity index (χ1) is 17.6. The minimum atomic E-state index is -4.18. The van der Waals surface area contributed by atoms with E-state index >= 15 is 0 Å². The molecule has 1 amide bonds. The molecule has 0 spiro atoms. The molecule has 0 aromatic heterocycles. The number of carbonyl (C=O) groups is 2. The van der Waals surface area contributed by atoms with Gasteiger partial charge >= 0.3 is 5.97 Å². The molecule has 37 heavy (non-hydrogen) atoms. The Kier molecular flexibility index (Phi) is 9.79. The summed E-state index contributed by atoms with van der Waals surface area (Å²) in [6.45, 7) is 3.09. The van der Waals surface area contributed by atoms with E-state index in [4.69, 9.17) is 16.3 Å². The van der Waals surface area contributed by atoms with Crippen LogP contribution in [-0.4, -0.2) is 37.8 Å². The topological polar surface area (TPSA) is 92.8 Å². The molecular weight excluding hydrogens is 519 g/mol. The number of amides is 1. The van der Waals surface area contributed by atoms with Gasteiger partial charge < -0.3 is 10.1 Å². The zero-order valence-corrected chi connectivity index (χ0v) is 22.1. The Morgan fingerprint density at radius 1 is 1.03 bits per heavy atom. The standard InChI is InChI=1S/C27H28ClFN2O5S/c1-3-4-16-36-27(33)20-10-12-21(13-11-20)30-26(32)18-31(17-23-24(28)6-5-7-25(23)29)37(34,35)22-14-8-19(2)9-15-22/h5-15H,3-4,16-18H2,1-2H3,(H,30,32). The van der Waals surface area contributed by atoms with Crippen molar-refractivity contribution in [3.63, 3.8) is 0 Å². The van der Waals surface area contributed by atoms with Crippen LogP contribution in [0.1, 0.15) is 41.3 Å². The lowest BCUT2D eigenvalue weighted by Gasteiger charge is -2.23. The number of unbranched alkanes of at least 4 members (excludes halogenated alkanes) is 1. The van der Waals surface area contributed by atoms with Gasteiger partial charge in [0.1, 0.15) is 5.82 Å².